The van der Waals surface area contributed by atoms with Gasteiger partial charge in [0.15, 0.2) is 0 Å². The van der Waals surface area contributed by atoms with E-state index in [2.05, 4.69) is 26.6 Å². The summed E-state index contributed by atoms with van der Waals surface area (Å²) in [4.78, 5) is 12.3. The predicted octanol–water partition coefficient (Wildman–Crippen LogP) is 3.05. The lowest BCUT2D eigenvalue weighted by Crippen LogP contribution is -2.41. The van der Waals surface area contributed by atoms with Crippen LogP contribution in [0.2, 0.25) is 0 Å². The van der Waals surface area contributed by atoms with E-state index in [1.807, 2.05) is 38.1 Å². The van der Waals surface area contributed by atoms with Gasteiger partial charge in [-0.1, -0.05) is 34.1 Å². The second-order valence-corrected chi connectivity index (χ2v) is 6.06. The predicted molar refractivity (Wildman–Crippen MR) is 83.5 cm³/mol. The quantitative estimate of drug-likeness (QED) is 0.882. The number of halogens is 2. The topological polar surface area (TPSA) is 41.1 Å². The van der Waals surface area contributed by atoms with Gasteiger partial charge in [0.2, 0.25) is 5.91 Å². The van der Waals surface area contributed by atoms with Crippen molar-refractivity contribution in [2.45, 2.75) is 26.3 Å². The highest BCUT2D eigenvalue weighted by Gasteiger charge is 2.36. The summed E-state index contributed by atoms with van der Waals surface area (Å²) in [6.07, 6.45) is 0.904. The smallest absolute Gasteiger partial charge is 0.227 e. The minimum absolute atomic E-state index is 0. The Labute approximate surface area is 129 Å². The first-order valence-electron chi connectivity index (χ1n) is 6.29. The zero-order valence-electron chi connectivity index (χ0n) is 11.2. The molecule has 0 spiro atoms. The average Bonchev–Trinajstić information content (AvgIpc) is 2.78. The highest BCUT2D eigenvalue weighted by atomic mass is 79.9. The van der Waals surface area contributed by atoms with Crippen LogP contribution in [-0.4, -0.2) is 19.0 Å². The molecule has 1 saturated heterocycles. The van der Waals surface area contributed by atoms with Crippen LogP contribution in [0.1, 0.15) is 31.9 Å². The molecule has 2 unspecified atom stereocenters. The number of hydrogen-bond donors (Lipinski definition) is 2. The van der Waals surface area contributed by atoms with Gasteiger partial charge in [0, 0.05) is 11.0 Å². The lowest BCUT2D eigenvalue weighted by atomic mass is 9.88. The van der Waals surface area contributed by atoms with E-state index in [1.54, 1.807) is 0 Å². The van der Waals surface area contributed by atoms with Crippen LogP contribution in [0, 0.1) is 5.41 Å². The van der Waals surface area contributed by atoms with Crippen LogP contribution in [0.25, 0.3) is 0 Å². The zero-order chi connectivity index (χ0) is 13.2. The molecule has 0 saturated carbocycles. The van der Waals surface area contributed by atoms with Gasteiger partial charge in [-0.25, -0.2) is 0 Å². The normalized spacial score (nSPS) is 23.5. The van der Waals surface area contributed by atoms with Crippen molar-refractivity contribution in [2.75, 3.05) is 13.1 Å². The lowest BCUT2D eigenvalue weighted by molar-refractivity contribution is -0.129. The molecule has 1 aliphatic heterocycles. The Balaban J connectivity index is 0.00000180. The van der Waals surface area contributed by atoms with Gasteiger partial charge >= 0.3 is 0 Å². The summed E-state index contributed by atoms with van der Waals surface area (Å²) in [6.45, 7) is 5.73. The maximum absolute atomic E-state index is 12.3. The van der Waals surface area contributed by atoms with Crippen molar-refractivity contribution in [3.05, 3.63) is 34.3 Å². The maximum Gasteiger partial charge on any atom is 0.227 e. The summed E-state index contributed by atoms with van der Waals surface area (Å²) in [5.74, 6) is 0.135. The first kappa shape index (κ1) is 16.5. The summed E-state index contributed by atoms with van der Waals surface area (Å²) in [6, 6.07) is 8.01. The van der Waals surface area contributed by atoms with Gasteiger partial charge < -0.3 is 10.6 Å². The monoisotopic (exact) mass is 346 g/mol. The molecular weight excluding hydrogens is 328 g/mol. The maximum atomic E-state index is 12.3. The van der Waals surface area contributed by atoms with Crippen LogP contribution in [0.15, 0.2) is 28.7 Å². The Bertz CT molecular complexity index is 447. The van der Waals surface area contributed by atoms with E-state index in [-0.39, 0.29) is 29.8 Å². The number of hydrogen-bond acceptors (Lipinski definition) is 2. The van der Waals surface area contributed by atoms with Crippen molar-refractivity contribution in [3.63, 3.8) is 0 Å². The van der Waals surface area contributed by atoms with Crippen molar-refractivity contribution in [1.82, 2.24) is 10.6 Å². The third-order valence-corrected chi connectivity index (χ3v) is 4.36. The van der Waals surface area contributed by atoms with Crippen molar-refractivity contribution in [3.8, 4) is 0 Å². The van der Waals surface area contributed by atoms with Crippen LogP contribution < -0.4 is 10.6 Å². The third-order valence-electron chi connectivity index (χ3n) is 3.64. The minimum Gasteiger partial charge on any atom is -0.349 e. The highest BCUT2D eigenvalue weighted by molar-refractivity contribution is 9.10. The number of carbonyl (C=O) groups excluding carboxylic acids is 1. The molecule has 0 aromatic heterocycles. The Morgan fingerprint density at radius 3 is 2.74 bits per heavy atom. The van der Waals surface area contributed by atoms with Gasteiger partial charge in [0.1, 0.15) is 0 Å². The Morgan fingerprint density at radius 2 is 2.16 bits per heavy atom. The van der Waals surface area contributed by atoms with Crippen LogP contribution >= 0.6 is 28.3 Å². The molecule has 0 radical (unpaired) electrons. The molecule has 19 heavy (non-hydrogen) atoms. The van der Waals surface area contributed by atoms with E-state index in [1.165, 1.54) is 0 Å². The van der Waals surface area contributed by atoms with Crippen LogP contribution in [0.4, 0.5) is 0 Å². The zero-order valence-corrected chi connectivity index (χ0v) is 13.6. The van der Waals surface area contributed by atoms with Gasteiger partial charge in [-0.15, -0.1) is 12.4 Å². The molecular formula is C14H20BrClN2O. The van der Waals surface area contributed by atoms with Gasteiger partial charge in [0.05, 0.1) is 11.5 Å². The van der Waals surface area contributed by atoms with E-state index in [0.717, 1.165) is 29.5 Å². The fourth-order valence-corrected chi connectivity index (χ4v) is 2.91. The van der Waals surface area contributed by atoms with Crippen LogP contribution in [-0.2, 0) is 4.79 Å². The largest absolute Gasteiger partial charge is 0.349 e. The molecule has 3 nitrogen and oxygen atoms in total. The number of carbonyl (C=O) groups is 1. The van der Waals surface area contributed by atoms with Gasteiger partial charge in [0.25, 0.3) is 0 Å². The van der Waals surface area contributed by atoms with Gasteiger partial charge in [-0.05, 0) is 38.4 Å². The standard InChI is InChI=1S/C14H19BrN2O.ClH/c1-10(11-5-3-4-6-12(11)15)17-13(18)14(2)7-8-16-9-14;/h3-6,10,16H,7-9H2,1-2H3,(H,17,18);1H. The number of rotatable bonds is 3. The molecule has 0 bridgehead atoms. The van der Waals surface area contributed by atoms with Crippen LogP contribution in [0.3, 0.4) is 0 Å². The summed E-state index contributed by atoms with van der Waals surface area (Å²) in [5, 5.41) is 6.36. The summed E-state index contributed by atoms with van der Waals surface area (Å²) < 4.78 is 1.03. The van der Waals surface area contributed by atoms with E-state index in [9.17, 15) is 4.79 Å². The molecule has 1 aromatic carbocycles. The number of amides is 1. The molecule has 1 aliphatic rings. The van der Waals surface area contributed by atoms with Crippen LogP contribution in [0.5, 0.6) is 0 Å². The van der Waals surface area contributed by atoms with Crippen molar-refractivity contribution < 1.29 is 4.79 Å². The Hall–Kier alpha value is -0.580. The summed E-state index contributed by atoms with van der Waals surface area (Å²) in [5.41, 5.74) is 0.843. The van der Waals surface area contributed by atoms with Crippen molar-refractivity contribution >= 4 is 34.2 Å². The molecule has 1 amide bonds. The Kier molecular flexibility index (Phi) is 5.83. The molecule has 2 rings (SSSR count). The molecule has 1 fully saturated rings. The van der Waals surface area contributed by atoms with Crippen molar-refractivity contribution in [1.29, 1.82) is 0 Å². The van der Waals surface area contributed by atoms with E-state index < -0.39 is 0 Å². The summed E-state index contributed by atoms with van der Waals surface area (Å²) >= 11 is 3.52. The third kappa shape index (κ3) is 3.71. The molecule has 5 heteroatoms. The number of nitrogens with one attached hydrogen (secondary N) is 2. The average molecular weight is 348 g/mol. The van der Waals surface area contributed by atoms with Gasteiger partial charge in [-0.2, -0.15) is 0 Å². The Morgan fingerprint density at radius 1 is 1.47 bits per heavy atom. The molecule has 2 N–H and O–H groups in total. The second-order valence-electron chi connectivity index (χ2n) is 5.20. The second kappa shape index (κ2) is 6.73. The SMILES string of the molecule is CC(NC(=O)C1(C)CCNC1)c1ccccc1Br.Cl. The van der Waals surface area contributed by atoms with Crippen molar-refractivity contribution in [2.24, 2.45) is 5.41 Å². The van der Waals surface area contributed by atoms with E-state index in [4.69, 9.17) is 0 Å². The van der Waals surface area contributed by atoms with E-state index >= 15 is 0 Å². The first-order valence-corrected chi connectivity index (χ1v) is 7.08. The van der Waals surface area contributed by atoms with E-state index in [0.29, 0.717) is 0 Å². The number of benzene rings is 1. The molecule has 1 aromatic rings. The lowest BCUT2D eigenvalue weighted by Gasteiger charge is -2.25. The molecule has 2 atom stereocenters. The fourth-order valence-electron chi connectivity index (χ4n) is 2.29. The van der Waals surface area contributed by atoms with Gasteiger partial charge in [-0.3, -0.25) is 4.79 Å². The first-order chi connectivity index (χ1) is 8.53. The fraction of sp³-hybridized carbons (Fsp3) is 0.500. The summed E-state index contributed by atoms with van der Waals surface area (Å²) in [7, 11) is 0. The highest BCUT2D eigenvalue weighted by Crippen LogP contribution is 2.27. The molecule has 106 valence electrons. The molecule has 0 aliphatic carbocycles. The minimum atomic E-state index is -0.268. The molecule has 1 heterocycles.